The summed E-state index contributed by atoms with van der Waals surface area (Å²) in [5.41, 5.74) is 0.228. The maximum absolute atomic E-state index is 14.6. The van der Waals surface area contributed by atoms with Gasteiger partial charge in [0, 0.05) is 42.2 Å². The van der Waals surface area contributed by atoms with Crippen molar-refractivity contribution in [2.24, 2.45) is 11.3 Å². The second-order valence-electron chi connectivity index (χ2n) is 15.8. The van der Waals surface area contributed by atoms with Crippen LogP contribution in [0.2, 0.25) is 0 Å². The van der Waals surface area contributed by atoms with Gasteiger partial charge in [0.2, 0.25) is 17.7 Å². The van der Waals surface area contributed by atoms with Crippen LogP contribution in [0.25, 0.3) is 22.3 Å². The summed E-state index contributed by atoms with van der Waals surface area (Å²) in [4.78, 5) is 64.4. The van der Waals surface area contributed by atoms with Gasteiger partial charge in [-0.2, -0.15) is 0 Å². The summed E-state index contributed by atoms with van der Waals surface area (Å²) >= 11 is 1.27. The Labute approximate surface area is 314 Å². The molecular formula is C39H50N6O7S. The van der Waals surface area contributed by atoms with Crippen molar-refractivity contribution in [3.63, 3.8) is 0 Å². The number of nitrogens with zero attached hydrogens (tertiary/aromatic N) is 3. The number of carbonyl (C=O) groups excluding carboxylic acids is 4. The molecule has 2 aliphatic rings. The number of nitrogens with one attached hydrogen (secondary N) is 3. The lowest BCUT2D eigenvalue weighted by Crippen LogP contribution is -2.59. The fraction of sp³-hybridized carbons (Fsp3) is 0.487. The first-order valence-corrected chi connectivity index (χ1v) is 18.4. The Hall–Kier alpha value is -4.98. The van der Waals surface area contributed by atoms with E-state index in [1.54, 1.807) is 57.5 Å². The molecule has 1 saturated heterocycles. The van der Waals surface area contributed by atoms with Crippen molar-refractivity contribution >= 4 is 51.2 Å². The van der Waals surface area contributed by atoms with Gasteiger partial charge in [0.15, 0.2) is 5.13 Å². The van der Waals surface area contributed by atoms with Gasteiger partial charge in [-0.1, -0.05) is 39.0 Å². The van der Waals surface area contributed by atoms with Crippen LogP contribution in [0, 0.1) is 11.3 Å². The minimum atomic E-state index is -1.02. The Morgan fingerprint density at radius 3 is 2.38 bits per heavy atom. The third-order valence-corrected chi connectivity index (χ3v) is 10.1. The maximum Gasteiger partial charge on any atom is 0.408 e. The van der Waals surface area contributed by atoms with Crippen molar-refractivity contribution < 1.29 is 33.4 Å². The Morgan fingerprint density at radius 1 is 1.08 bits per heavy atom. The second-order valence-corrected chi connectivity index (χ2v) is 16.7. The number of ether oxygens (including phenoxy) is 3. The van der Waals surface area contributed by atoms with E-state index in [4.69, 9.17) is 19.2 Å². The summed E-state index contributed by atoms with van der Waals surface area (Å²) in [7, 11) is 1.57. The number of thiazole rings is 1. The standard InChI is InChI=1S/C39H50N6O7S/c1-12-23-18-39(23,21(2)3)44-33(47)30-16-25(19-45(30)34(48)32(37(5,6)7)43-36(49)52-38(8,9)10)51-31-17-28(29-20-53-35(42-29)40-22(4)46)41-27-15-24(50-11)13-14-26(27)31/h12-15,17,20,23,25,30,32H,1-2,16,18-19H2,3-11H3,(H,43,49)(H,44,47)(H,40,42,46)/t23?,25-,30+,32-,39+/m1/s1. The molecule has 0 spiro atoms. The molecule has 13 nitrogen and oxygen atoms in total. The largest absolute Gasteiger partial charge is 0.497 e. The van der Waals surface area contributed by atoms with Gasteiger partial charge in [-0.3, -0.25) is 14.4 Å². The van der Waals surface area contributed by atoms with Crippen LogP contribution in [0.5, 0.6) is 11.5 Å². The quantitative estimate of drug-likeness (QED) is 0.193. The summed E-state index contributed by atoms with van der Waals surface area (Å²) in [6, 6.07) is 5.24. The number of aromatic nitrogens is 2. The zero-order valence-corrected chi connectivity index (χ0v) is 32.7. The fourth-order valence-electron chi connectivity index (χ4n) is 6.54. The number of amides is 4. The smallest absolute Gasteiger partial charge is 0.408 e. The Kier molecular flexibility index (Phi) is 11.0. The van der Waals surface area contributed by atoms with Gasteiger partial charge in [-0.05, 0) is 51.7 Å². The monoisotopic (exact) mass is 746 g/mol. The summed E-state index contributed by atoms with van der Waals surface area (Å²) in [6.45, 7) is 22.2. The molecule has 3 aromatic rings. The SMILES string of the molecule is C=CC1C[C@]1(NC(=O)[C@@H]1C[C@@H](Oc2cc(-c3csc(NC(C)=O)n3)nc3cc(OC)ccc23)CN1C(=O)[C@@H](NC(=O)OC(C)(C)C)C(C)(C)C)C(=C)C. The lowest BCUT2D eigenvalue weighted by molar-refractivity contribution is -0.142. The van der Waals surface area contributed by atoms with E-state index in [1.807, 2.05) is 33.8 Å². The van der Waals surface area contributed by atoms with Crippen LogP contribution in [-0.2, 0) is 19.1 Å². The molecule has 1 aliphatic heterocycles. The molecule has 1 aliphatic carbocycles. The number of alkyl carbamates (subject to hydrolysis) is 1. The lowest BCUT2D eigenvalue weighted by atomic mass is 9.85. The average molecular weight is 747 g/mol. The third-order valence-electron chi connectivity index (χ3n) is 9.35. The van der Waals surface area contributed by atoms with Crippen LogP contribution >= 0.6 is 11.3 Å². The second kappa shape index (κ2) is 14.8. The fourth-order valence-corrected chi connectivity index (χ4v) is 7.29. The molecule has 0 radical (unpaired) electrons. The topological polar surface area (TPSA) is 161 Å². The highest BCUT2D eigenvalue weighted by Crippen LogP contribution is 2.49. The summed E-state index contributed by atoms with van der Waals surface area (Å²) < 4.78 is 17.7. The number of rotatable bonds is 11. The zero-order valence-electron chi connectivity index (χ0n) is 31.9. The average Bonchev–Trinajstić information content (AvgIpc) is 3.34. The predicted octanol–water partition coefficient (Wildman–Crippen LogP) is 6.25. The highest BCUT2D eigenvalue weighted by atomic mass is 32.1. The van der Waals surface area contributed by atoms with E-state index < -0.39 is 46.7 Å². The van der Waals surface area contributed by atoms with Crippen molar-refractivity contribution in [3.05, 3.63) is 54.5 Å². The molecule has 4 amide bonds. The van der Waals surface area contributed by atoms with Crippen LogP contribution in [0.4, 0.5) is 9.93 Å². The van der Waals surface area contributed by atoms with Gasteiger partial charge < -0.3 is 35.1 Å². The van der Waals surface area contributed by atoms with Crippen LogP contribution < -0.4 is 25.4 Å². The first kappa shape index (κ1) is 39.2. The molecule has 1 aromatic carbocycles. The summed E-state index contributed by atoms with van der Waals surface area (Å²) in [6.07, 6.45) is 1.28. The molecule has 5 rings (SSSR count). The number of hydrogen-bond acceptors (Lipinski definition) is 10. The van der Waals surface area contributed by atoms with Crippen molar-refractivity contribution in [2.45, 2.75) is 97.6 Å². The minimum Gasteiger partial charge on any atom is -0.497 e. The Bertz CT molecular complexity index is 1950. The van der Waals surface area contributed by atoms with E-state index in [9.17, 15) is 19.2 Å². The first-order valence-electron chi connectivity index (χ1n) is 17.5. The maximum atomic E-state index is 14.6. The van der Waals surface area contributed by atoms with Gasteiger partial charge in [-0.15, -0.1) is 17.9 Å². The summed E-state index contributed by atoms with van der Waals surface area (Å²) in [5.74, 6) is 0.0540. The molecule has 3 N–H and O–H groups in total. The number of fused-ring (bicyclic) bond motifs is 1. The molecule has 3 heterocycles. The highest BCUT2D eigenvalue weighted by molar-refractivity contribution is 7.14. The van der Waals surface area contributed by atoms with Crippen LogP contribution in [-0.4, -0.2) is 81.7 Å². The Balaban J connectivity index is 1.51. The third kappa shape index (κ3) is 8.81. The molecule has 14 heteroatoms. The molecule has 1 unspecified atom stereocenters. The van der Waals surface area contributed by atoms with Crippen LogP contribution in [0.1, 0.15) is 68.2 Å². The highest BCUT2D eigenvalue weighted by Gasteiger charge is 2.56. The van der Waals surface area contributed by atoms with Gasteiger partial charge in [0.1, 0.15) is 41.0 Å². The van der Waals surface area contributed by atoms with Gasteiger partial charge in [0.05, 0.1) is 30.4 Å². The predicted molar refractivity (Wildman–Crippen MR) is 205 cm³/mol. The van der Waals surface area contributed by atoms with Crippen molar-refractivity contribution in [2.75, 3.05) is 19.0 Å². The molecule has 1 saturated carbocycles. The molecule has 2 fully saturated rings. The molecule has 284 valence electrons. The summed E-state index contributed by atoms with van der Waals surface area (Å²) in [5, 5.41) is 11.6. The van der Waals surface area contributed by atoms with Crippen molar-refractivity contribution in [3.8, 4) is 22.9 Å². The van der Waals surface area contributed by atoms with Gasteiger partial charge in [-0.25, -0.2) is 14.8 Å². The van der Waals surface area contributed by atoms with Crippen LogP contribution in [0.15, 0.2) is 54.5 Å². The van der Waals surface area contributed by atoms with Crippen molar-refractivity contribution in [1.82, 2.24) is 25.5 Å². The van der Waals surface area contributed by atoms with E-state index in [2.05, 4.69) is 34.1 Å². The van der Waals surface area contributed by atoms with Gasteiger partial charge in [0.25, 0.3) is 0 Å². The molecule has 53 heavy (non-hydrogen) atoms. The number of methoxy groups -OCH3 is 1. The Morgan fingerprint density at radius 2 is 1.79 bits per heavy atom. The van der Waals surface area contributed by atoms with E-state index in [0.717, 1.165) is 5.57 Å². The number of hydrogen-bond donors (Lipinski definition) is 3. The molecule has 0 bridgehead atoms. The molecular weight excluding hydrogens is 697 g/mol. The van der Waals surface area contributed by atoms with E-state index >= 15 is 0 Å². The first-order chi connectivity index (χ1) is 24.7. The van der Waals surface area contributed by atoms with E-state index in [0.29, 0.717) is 45.3 Å². The number of likely N-dealkylation sites (tertiary alicyclic amines) is 1. The van der Waals surface area contributed by atoms with E-state index in [-0.39, 0.29) is 30.7 Å². The zero-order chi connectivity index (χ0) is 39.0. The molecule has 5 atom stereocenters. The lowest BCUT2D eigenvalue weighted by Gasteiger charge is -2.36. The number of carbonyl (C=O) groups is 4. The number of anilines is 1. The number of pyridine rings is 1. The number of benzene rings is 1. The van der Waals surface area contributed by atoms with Crippen molar-refractivity contribution in [1.29, 1.82) is 0 Å². The minimum absolute atomic E-state index is 0.0215. The normalized spacial score (nSPS) is 21.7. The van der Waals surface area contributed by atoms with Gasteiger partial charge >= 0.3 is 6.09 Å². The molecule has 2 aromatic heterocycles. The van der Waals surface area contributed by atoms with Crippen LogP contribution in [0.3, 0.4) is 0 Å². The van der Waals surface area contributed by atoms with E-state index in [1.165, 1.54) is 23.2 Å².